The van der Waals surface area contributed by atoms with Gasteiger partial charge < -0.3 is 18.9 Å². The number of amides is 1. The lowest BCUT2D eigenvalue weighted by Gasteiger charge is -2.17. The number of hydrogen-bond acceptors (Lipinski definition) is 5. The van der Waals surface area contributed by atoms with Crippen LogP contribution in [-0.4, -0.2) is 12.0 Å². The molecule has 0 saturated heterocycles. The standard InChI is InChI=1S/C24H20ClNO5/c1-13-6-4-7-18(14(13)2)26-24(28)15(3)30-23-21(27)17-12-16(25)9-10-19(17)31-22(23)20-8-5-11-29-20/h4-12,15H,1-3H3,(H,26,28). The van der Waals surface area contributed by atoms with E-state index in [2.05, 4.69) is 5.32 Å². The molecular formula is C24H20ClNO5. The normalized spacial score (nSPS) is 12.0. The van der Waals surface area contributed by atoms with E-state index in [0.29, 0.717) is 22.1 Å². The Morgan fingerprint density at radius 3 is 2.68 bits per heavy atom. The number of carbonyl (C=O) groups excluding carboxylic acids is 1. The van der Waals surface area contributed by atoms with Crippen LogP contribution in [0.15, 0.2) is 68.4 Å². The molecule has 4 aromatic rings. The summed E-state index contributed by atoms with van der Waals surface area (Å²) in [7, 11) is 0. The molecule has 0 aliphatic carbocycles. The molecule has 1 unspecified atom stereocenters. The van der Waals surface area contributed by atoms with Crippen molar-refractivity contribution >= 4 is 34.2 Å². The average Bonchev–Trinajstić information content (AvgIpc) is 3.28. The Balaban J connectivity index is 1.72. The van der Waals surface area contributed by atoms with E-state index in [1.54, 1.807) is 31.2 Å². The molecule has 1 amide bonds. The predicted octanol–water partition coefficient (Wildman–Crippen LogP) is 5.73. The average molecular weight is 438 g/mol. The summed E-state index contributed by atoms with van der Waals surface area (Å²) in [4.78, 5) is 26.0. The van der Waals surface area contributed by atoms with Gasteiger partial charge in [0.05, 0.1) is 11.6 Å². The Hall–Kier alpha value is -3.51. The molecule has 0 radical (unpaired) electrons. The van der Waals surface area contributed by atoms with Gasteiger partial charge in [0.15, 0.2) is 11.9 Å². The zero-order valence-corrected chi connectivity index (χ0v) is 17.9. The van der Waals surface area contributed by atoms with Crippen LogP contribution in [0.3, 0.4) is 0 Å². The number of rotatable bonds is 5. The highest BCUT2D eigenvalue weighted by molar-refractivity contribution is 6.31. The highest BCUT2D eigenvalue weighted by Gasteiger charge is 2.24. The maximum atomic E-state index is 13.2. The lowest BCUT2D eigenvalue weighted by molar-refractivity contribution is -0.122. The maximum Gasteiger partial charge on any atom is 0.265 e. The van der Waals surface area contributed by atoms with E-state index in [4.69, 9.17) is 25.2 Å². The van der Waals surface area contributed by atoms with Crippen LogP contribution in [-0.2, 0) is 4.79 Å². The molecule has 2 aromatic heterocycles. The summed E-state index contributed by atoms with van der Waals surface area (Å²) in [5.74, 6) is -0.0969. The highest BCUT2D eigenvalue weighted by Crippen LogP contribution is 2.32. The summed E-state index contributed by atoms with van der Waals surface area (Å²) in [6.07, 6.45) is 0.482. The molecule has 0 saturated carbocycles. The van der Waals surface area contributed by atoms with Gasteiger partial charge in [0.2, 0.25) is 16.9 Å². The summed E-state index contributed by atoms with van der Waals surface area (Å²) in [5.41, 5.74) is 2.59. The van der Waals surface area contributed by atoms with Gasteiger partial charge in [0.1, 0.15) is 5.58 Å². The van der Waals surface area contributed by atoms with E-state index >= 15 is 0 Å². The number of halogens is 1. The number of anilines is 1. The van der Waals surface area contributed by atoms with Gasteiger partial charge in [-0.1, -0.05) is 23.7 Å². The first kappa shape index (κ1) is 20.8. The van der Waals surface area contributed by atoms with Crippen molar-refractivity contribution in [2.75, 3.05) is 5.32 Å². The number of aryl methyl sites for hydroxylation is 1. The van der Waals surface area contributed by atoms with Crippen molar-refractivity contribution in [1.29, 1.82) is 0 Å². The first-order valence-corrected chi connectivity index (χ1v) is 10.1. The molecule has 0 aliphatic heterocycles. The summed E-state index contributed by atoms with van der Waals surface area (Å²) >= 11 is 6.05. The number of furan rings is 1. The van der Waals surface area contributed by atoms with Gasteiger partial charge in [-0.05, 0) is 68.3 Å². The number of ether oxygens (including phenoxy) is 1. The Morgan fingerprint density at radius 2 is 1.94 bits per heavy atom. The van der Waals surface area contributed by atoms with E-state index in [0.717, 1.165) is 11.1 Å². The Morgan fingerprint density at radius 1 is 1.13 bits per heavy atom. The van der Waals surface area contributed by atoms with Gasteiger partial charge in [-0.15, -0.1) is 0 Å². The molecule has 2 aromatic carbocycles. The van der Waals surface area contributed by atoms with Crippen LogP contribution in [0.2, 0.25) is 5.02 Å². The van der Waals surface area contributed by atoms with Crippen LogP contribution in [0.1, 0.15) is 18.1 Å². The molecule has 1 atom stereocenters. The van der Waals surface area contributed by atoms with E-state index < -0.39 is 17.4 Å². The van der Waals surface area contributed by atoms with Crippen LogP contribution < -0.4 is 15.5 Å². The fraction of sp³-hybridized carbons (Fsp3) is 0.167. The third-order valence-electron chi connectivity index (χ3n) is 5.08. The topological polar surface area (TPSA) is 81.7 Å². The molecule has 0 aliphatic rings. The second kappa shape index (κ2) is 8.32. The van der Waals surface area contributed by atoms with Crippen molar-refractivity contribution in [3.05, 3.63) is 81.2 Å². The van der Waals surface area contributed by atoms with E-state index in [1.165, 1.54) is 12.3 Å². The summed E-state index contributed by atoms with van der Waals surface area (Å²) < 4.78 is 17.1. The van der Waals surface area contributed by atoms with Crippen LogP contribution in [0, 0.1) is 13.8 Å². The lowest BCUT2D eigenvalue weighted by Crippen LogP contribution is -2.32. The molecule has 1 N–H and O–H groups in total. The van der Waals surface area contributed by atoms with Gasteiger partial charge in [0.25, 0.3) is 5.91 Å². The minimum Gasteiger partial charge on any atom is -0.473 e. The van der Waals surface area contributed by atoms with E-state index in [9.17, 15) is 9.59 Å². The Kier molecular flexibility index (Phi) is 5.57. The second-order valence-corrected chi connectivity index (χ2v) is 7.64. The zero-order chi connectivity index (χ0) is 22.1. The number of hydrogen-bond donors (Lipinski definition) is 1. The van der Waals surface area contributed by atoms with Crippen molar-refractivity contribution in [3.63, 3.8) is 0 Å². The molecule has 6 nitrogen and oxygen atoms in total. The first-order chi connectivity index (χ1) is 14.8. The van der Waals surface area contributed by atoms with Crippen molar-refractivity contribution in [3.8, 4) is 17.3 Å². The van der Waals surface area contributed by atoms with Crippen molar-refractivity contribution in [2.45, 2.75) is 26.9 Å². The first-order valence-electron chi connectivity index (χ1n) is 9.69. The molecule has 0 bridgehead atoms. The third-order valence-corrected chi connectivity index (χ3v) is 5.32. The second-order valence-electron chi connectivity index (χ2n) is 7.20. The van der Waals surface area contributed by atoms with Crippen molar-refractivity contribution in [2.24, 2.45) is 0 Å². The number of fused-ring (bicyclic) bond motifs is 1. The molecular weight excluding hydrogens is 418 g/mol. The molecule has 2 heterocycles. The number of nitrogens with one attached hydrogen (secondary N) is 1. The summed E-state index contributed by atoms with van der Waals surface area (Å²) in [6.45, 7) is 5.45. The van der Waals surface area contributed by atoms with Gasteiger partial charge >= 0.3 is 0 Å². The SMILES string of the molecule is Cc1cccc(NC(=O)C(C)Oc2c(-c3ccco3)oc3ccc(Cl)cc3c2=O)c1C. The Bertz CT molecular complexity index is 1320. The van der Waals surface area contributed by atoms with Crippen LogP contribution >= 0.6 is 11.6 Å². The molecule has 31 heavy (non-hydrogen) atoms. The maximum absolute atomic E-state index is 13.2. The van der Waals surface area contributed by atoms with Crippen LogP contribution in [0.4, 0.5) is 5.69 Å². The quantitative estimate of drug-likeness (QED) is 0.431. The Labute approximate surface area is 183 Å². The highest BCUT2D eigenvalue weighted by atomic mass is 35.5. The zero-order valence-electron chi connectivity index (χ0n) is 17.2. The smallest absolute Gasteiger partial charge is 0.265 e. The van der Waals surface area contributed by atoms with Gasteiger partial charge in [-0.2, -0.15) is 0 Å². The van der Waals surface area contributed by atoms with Gasteiger partial charge in [-0.25, -0.2) is 0 Å². The van der Waals surface area contributed by atoms with E-state index in [1.807, 2.05) is 32.0 Å². The van der Waals surface area contributed by atoms with Gasteiger partial charge in [-0.3, -0.25) is 9.59 Å². The van der Waals surface area contributed by atoms with E-state index in [-0.39, 0.29) is 16.9 Å². The molecule has 158 valence electrons. The van der Waals surface area contributed by atoms with Crippen molar-refractivity contribution < 1.29 is 18.4 Å². The molecule has 0 spiro atoms. The number of carbonyl (C=O) groups is 1. The molecule has 0 fully saturated rings. The fourth-order valence-corrected chi connectivity index (χ4v) is 3.35. The van der Waals surface area contributed by atoms with Crippen molar-refractivity contribution in [1.82, 2.24) is 0 Å². The molecule has 7 heteroatoms. The van der Waals surface area contributed by atoms with Crippen LogP contribution in [0.25, 0.3) is 22.5 Å². The predicted molar refractivity (Wildman–Crippen MR) is 120 cm³/mol. The fourth-order valence-electron chi connectivity index (χ4n) is 3.18. The minimum absolute atomic E-state index is 0.108. The van der Waals surface area contributed by atoms with Crippen LogP contribution in [0.5, 0.6) is 5.75 Å². The largest absolute Gasteiger partial charge is 0.473 e. The monoisotopic (exact) mass is 437 g/mol. The van der Waals surface area contributed by atoms with Gasteiger partial charge in [0, 0.05) is 10.7 Å². The third kappa shape index (κ3) is 4.07. The summed E-state index contributed by atoms with van der Waals surface area (Å²) in [6, 6.07) is 13.7. The minimum atomic E-state index is -0.979. The lowest BCUT2D eigenvalue weighted by atomic mass is 10.1. The number of benzene rings is 2. The summed E-state index contributed by atoms with van der Waals surface area (Å²) in [5, 5.41) is 3.49. The molecule has 4 rings (SSSR count).